The van der Waals surface area contributed by atoms with Crippen molar-refractivity contribution in [3.05, 3.63) is 28.8 Å². The number of aryl methyl sites for hydroxylation is 1. The lowest BCUT2D eigenvalue weighted by Crippen LogP contribution is -1.90. The van der Waals surface area contributed by atoms with Gasteiger partial charge in [-0.25, -0.2) is 4.57 Å². The molecule has 1 atom stereocenters. The Bertz CT molecular complexity index is 364. The molecule has 1 unspecified atom stereocenters. The van der Waals surface area contributed by atoms with Crippen molar-refractivity contribution >= 4 is 35.4 Å². The highest BCUT2D eigenvalue weighted by Gasteiger charge is 2.12. The van der Waals surface area contributed by atoms with Crippen LogP contribution in [0.15, 0.2) is 18.2 Å². The van der Waals surface area contributed by atoms with E-state index >= 15 is 0 Å². The molecule has 0 aliphatic rings. The van der Waals surface area contributed by atoms with Gasteiger partial charge in [0, 0.05) is 10.7 Å². The Labute approximate surface area is 86.0 Å². The monoisotopic (exact) mass is 239 g/mol. The topological polar surface area (TPSA) is 49.3 Å². The van der Waals surface area contributed by atoms with Crippen LogP contribution in [0, 0.1) is 6.92 Å². The van der Waals surface area contributed by atoms with Crippen LogP contribution in [0.3, 0.4) is 0 Å². The van der Waals surface area contributed by atoms with Crippen LogP contribution >= 0.6 is 29.7 Å². The minimum atomic E-state index is -3.76. The van der Waals surface area contributed by atoms with E-state index in [4.69, 9.17) is 27.7 Å². The Morgan fingerprint density at radius 3 is 2.62 bits per heavy atom. The molecule has 0 aliphatic carbocycles. The van der Waals surface area contributed by atoms with Gasteiger partial charge in [0.25, 0.3) is 0 Å². The van der Waals surface area contributed by atoms with Crippen molar-refractivity contribution in [3.63, 3.8) is 0 Å². The van der Waals surface area contributed by atoms with E-state index in [0.29, 0.717) is 10.7 Å². The van der Waals surface area contributed by atoms with Crippen molar-refractivity contribution in [2.45, 2.75) is 6.92 Å². The van der Waals surface area contributed by atoms with E-state index in [1.165, 1.54) is 0 Å². The molecule has 0 radical (unpaired) electrons. The molecule has 1 aromatic carbocycles. The number of hydrogen-bond acceptors (Lipinski definition) is 1. The zero-order valence-corrected chi connectivity index (χ0v) is 9.20. The van der Waals surface area contributed by atoms with Gasteiger partial charge in [0.05, 0.1) is 0 Å². The molecule has 0 saturated heterocycles. The van der Waals surface area contributed by atoms with Gasteiger partial charge in [-0.2, -0.15) is 0 Å². The minimum Gasteiger partial charge on any atom is -0.318 e. The average Bonchev–Trinajstić information content (AvgIpc) is 1.94. The summed E-state index contributed by atoms with van der Waals surface area (Å²) in [5.74, 6) is 0. The fourth-order valence-electron chi connectivity index (χ4n) is 0.822. The van der Waals surface area contributed by atoms with Gasteiger partial charge >= 0.3 is 6.87 Å². The van der Waals surface area contributed by atoms with Gasteiger partial charge in [0.1, 0.15) is 0 Å². The fraction of sp³-hybridized carbons (Fsp3) is 0.143. The van der Waals surface area contributed by atoms with Crippen LogP contribution in [-0.2, 0) is 4.57 Å². The van der Waals surface area contributed by atoms with Gasteiger partial charge in [0.15, 0.2) is 0 Å². The van der Waals surface area contributed by atoms with Crippen LogP contribution < -0.4 is 5.09 Å². The van der Waals surface area contributed by atoms with E-state index in [1.54, 1.807) is 18.2 Å². The Balaban J connectivity index is 2.92. The second-order valence-corrected chi connectivity index (χ2v) is 5.59. The van der Waals surface area contributed by atoms with Crippen molar-refractivity contribution in [2.75, 3.05) is 5.09 Å². The molecule has 0 amide bonds. The van der Waals surface area contributed by atoms with E-state index in [2.05, 4.69) is 5.09 Å². The van der Waals surface area contributed by atoms with E-state index in [9.17, 15) is 4.57 Å². The molecule has 0 saturated carbocycles. The highest BCUT2D eigenvalue weighted by molar-refractivity contribution is 7.85. The number of benzene rings is 1. The van der Waals surface area contributed by atoms with Crippen LogP contribution in [0.25, 0.3) is 0 Å². The molecular formula is C7H8Cl2NO2P. The molecule has 0 aromatic heterocycles. The third kappa shape index (κ3) is 3.57. The maximum Gasteiger partial charge on any atom is 0.382 e. The van der Waals surface area contributed by atoms with Crippen LogP contribution in [0.4, 0.5) is 5.69 Å². The Hall–Kier alpha value is -0.210. The Morgan fingerprint density at radius 2 is 2.15 bits per heavy atom. The quantitative estimate of drug-likeness (QED) is 0.778. The summed E-state index contributed by atoms with van der Waals surface area (Å²) in [4.78, 5) is 8.80. The summed E-state index contributed by atoms with van der Waals surface area (Å²) in [6, 6.07) is 4.91. The summed E-state index contributed by atoms with van der Waals surface area (Å²) in [7, 11) is 0. The molecule has 3 nitrogen and oxygen atoms in total. The second-order valence-electron chi connectivity index (χ2n) is 2.58. The van der Waals surface area contributed by atoms with Gasteiger partial charge in [0.2, 0.25) is 0 Å². The minimum absolute atomic E-state index is 0.427. The van der Waals surface area contributed by atoms with Gasteiger partial charge in [-0.05, 0) is 35.9 Å². The lowest BCUT2D eigenvalue weighted by atomic mass is 10.2. The van der Waals surface area contributed by atoms with Crippen molar-refractivity contribution in [2.24, 2.45) is 0 Å². The summed E-state index contributed by atoms with van der Waals surface area (Å²) < 4.78 is 10.7. The molecule has 0 heterocycles. The van der Waals surface area contributed by atoms with Crippen molar-refractivity contribution in [1.82, 2.24) is 0 Å². The van der Waals surface area contributed by atoms with E-state index in [0.717, 1.165) is 5.56 Å². The molecule has 2 N–H and O–H groups in total. The first-order valence-electron chi connectivity index (χ1n) is 3.45. The summed E-state index contributed by atoms with van der Waals surface area (Å²) in [5.41, 5.74) is 1.32. The summed E-state index contributed by atoms with van der Waals surface area (Å²) >= 11 is 10.9. The molecule has 6 heteroatoms. The number of rotatable bonds is 2. The first kappa shape index (κ1) is 10.9. The lowest BCUT2D eigenvalue weighted by Gasteiger charge is -2.07. The number of anilines is 1. The average molecular weight is 240 g/mol. The van der Waals surface area contributed by atoms with Crippen LogP contribution in [0.2, 0.25) is 5.02 Å². The lowest BCUT2D eigenvalue weighted by molar-refractivity contribution is 0.501. The second kappa shape index (κ2) is 3.89. The maximum absolute atomic E-state index is 10.7. The van der Waals surface area contributed by atoms with E-state index < -0.39 is 6.87 Å². The van der Waals surface area contributed by atoms with Gasteiger partial charge in [-0.1, -0.05) is 17.7 Å². The summed E-state index contributed by atoms with van der Waals surface area (Å²) in [6.07, 6.45) is 0. The van der Waals surface area contributed by atoms with Crippen LogP contribution in [0.1, 0.15) is 5.56 Å². The smallest absolute Gasteiger partial charge is 0.318 e. The normalized spacial score (nSPS) is 15.1. The zero-order chi connectivity index (χ0) is 10.1. The molecule has 0 spiro atoms. The molecule has 0 bridgehead atoms. The molecule has 72 valence electrons. The molecule has 0 fully saturated rings. The summed E-state index contributed by atoms with van der Waals surface area (Å²) in [5, 5.41) is 2.76. The molecule has 1 rings (SSSR count). The fourth-order valence-corrected chi connectivity index (χ4v) is 1.75. The van der Waals surface area contributed by atoms with Gasteiger partial charge in [-0.15, -0.1) is 0 Å². The van der Waals surface area contributed by atoms with Gasteiger partial charge < -0.3 is 9.98 Å². The van der Waals surface area contributed by atoms with Crippen LogP contribution in [0.5, 0.6) is 0 Å². The Morgan fingerprint density at radius 1 is 1.54 bits per heavy atom. The highest BCUT2D eigenvalue weighted by atomic mass is 35.7. The Kier molecular flexibility index (Phi) is 3.25. The molecule has 13 heavy (non-hydrogen) atoms. The first-order valence-corrected chi connectivity index (χ1v) is 6.39. The van der Waals surface area contributed by atoms with Crippen LogP contribution in [-0.4, -0.2) is 4.89 Å². The van der Waals surface area contributed by atoms with E-state index in [1.807, 2.05) is 6.92 Å². The zero-order valence-electron chi connectivity index (χ0n) is 6.79. The number of hydrogen-bond donors (Lipinski definition) is 2. The predicted octanol–water partition coefficient (Wildman–Crippen LogP) is 3.40. The highest BCUT2D eigenvalue weighted by Crippen LogP contribution is 2.46. The van der Waals surface area contributed by atoms with Crippen molar-refractivity contribution in [1.29, 1.82) is 0 Å². The standard InChI is InChI=1S/C7H8Cl2NO2P/c1-5-2-3-6(4-7(5)8)10-13(9,11)12/h2-4H,1H3,(H2,10,11,12). The largest absolute Gasteiger partial charge is 0.382 e. The predicted molar refractivity (Wildman–Crippen MR) is 55.5 cm³/mol. The van der Waals surface area contributed by atoms with Crippen molar-refractivity contribution in [3.8, 4) is 0 Å². The summed E-state index contributed by atoms with van der Waals surface area (Å²) in [6.45, 7) is -1.92. The first-order chi connectivity index (χ1) is 5.88. The third-order valence-corrected chi connectivity index (χ3v) is 2.63. The molecule has 1 aromatic rings. The van der Waals surface area contributed by atoms with E-state index in [-0.39, 0.29) is 0 Å². The van der Waals surface area contributed by atoms with Crippen molar-refractivity contribution < 1.29 is 9.46 Å². The number of nitrogens with one attached hydrogen (secondary N) is 1. The maximum atomic E-state index is 10.7. The SMILES string of the molecule is Cc1ccc(NP(=O)(O)Cl)cc1Cl. The van der Waals surface area contributed by atoms with Gasteiger partial charge in [-0.3, -0.25) is 0 Å². The number of halogens is 2. The molecular weight excluding hydrogens is 232 g/mol. The molecule has 0 aliphatic heterocycles. The third-order valence-electron chi connectivity index (χ3n) is 1.44.